The number of benzene rings is 2. The third-order valence-corrected chi connectivity index (χ3v) is 3.22. The fourth-order valence-corrected chi connectivity index (χ4v) is 2.07. The van der Waals surface area contributed by atoms with Crippen LogP contribution in [0.25, 0.3) is 11.4 Å². The van der Waals surface area contributed by atoms with E-state index in [0.717, 1.165) is 22.4 Å². The van der Waals surface area contributed by atoms with E-state index >= 15 is 0 Å². The molecule has 0 saturated heterocycles. The van der Waals surface area contributed by atoms with Gasteiger partial charge in [-0.05, 0) is 35.0 Å². The highest BCUT2D eigenvalue weighted by Gasteiger charge is 2.07. The van der Waals surface area contributed by atoms with Gasteiger partial charge in [-0.25, -0.2) is 0 Å². The second-order valence-corrected chi connectivity index (χ2v) is 4.72. The van der Waals surface area contributed by atoms with Crippen LogP contribution in [-0.2, 0) is 6.54 Å². The number of ether oxygens (including phenoxy) is 1. The molecule has 0 radical (unpaired) electrons. The van der Waals surface area contributed by atoms with Gasteiger partial charge in [0.25, 0.3) is 0 Å². The van der Waals surface area contributed by atoms with E-state index in [1.165, 1.54) is 0 Å². The predicted molar refractivity (Wildman–Crippen MR) is 83.3 cm³/mol. The Morgan fingerprint density at radius 1 is 1.18 bits per heavy atom. The number of rotatable bonds is 4. The lowest BCUT2D eigenvalue weighted by Crippen LogP contribution is -2.03. The first-order valence-corrected chi connectivity index (χ1v) is 6.76. The van der Waals surface area contributed by atoms with E-state index in [0.29, 0.717) is 12.4 Å². The van der Waals surface area contributed by atoms with Crippen molar-refractivity contribution < 1.29 is 4.74 Å². The summed E-state index contributed by atoms with van der Waals surface area (Å²) in [4.78, 5) is 1.56. The lowest BCUT2D eigenvalue weighted by Gasteiger charge is -2.02. The first-order chi connectivity index (χ1) is 10.8. The van der Waals surface area contributed by atoms with Crippen LogP contribution in [0, 0.1) is 12.3 Å². The summed E-state index contributed by atoms with van der Waals surface area (Å²) >= 11 is 0. The van der Waals surface area contributed by atoms with Crippen LogP contribution in [0.4, 0.5) is 0 Å². The Morgan fingerprint density at radius 2 is 2.00 bits per heavy atom. The van der Waals surface area contributed by atoms with Gasteiger partial charge in [0.15, 0.2) is 0 Å². The summed E-state index contributed by atoms with van der Waals surface area (Å²) in [5.74, 6) is 3.98. The molecule has 2 aromatic carbocycles. The quantitative estimate of drug-likeness (QED) is 0.692. The molecular weight excluding hydrogens is 276 g/mol. The zero-order valence-corrected chi connectivity index (χ0v) is 12.1. The topological polar surface area (TPSA) is 52.8 Å². The highest BCUT2D eigenvalue weighted by atomic mass is 16.5. The van der Waals surface area contributed by atoms with Gasteiger partial charge in [-0.1, -0.05) is 30.2 Å². The number of nitrogens with zero attached hydrogens (tertiary/aromatic N) is 4. The van der Waals surface area contributed by atoms with E-state index in [4.69, 9.17) is 11.2 Å². The molecule has 0 aliphatic carbocycles. The van der Waals surface area contributed by atoms with Gasteiger partial charge < -0.3 is 4.74 Å². The van der Waals surface area contributed by atoms with E-state index in [1.54, 1.807) is 11.9 Å². The fraction of sp³-hybridized carbons (Fsp3) is 0.118. The molecule has 0 N–H and O–H groups in total. The Balaban J connectivity index is 1.79. The first kappa shape index (κ1) is 13.8. The van der Waals surface area contributed by atoms with Gasteiger partial charge in [0.1, 0.15) is 5.75 Å². The lowest BCUT2D eigenvalue weighted by atomic mass is 10.1. The molecule has 0 amide bonds. The third kappa shape index (κ3) is 2.96. The van der Waals surface area contributed by atoms with Crippen molar-refractivity contribution in [2.45, 2.75) is 6.54 Å². The molecule has 0 spiro atoms. The Bertz CT molecular complexity index is 815. The van der Waals surface area contributed by atoms with Gasteiger partial charge in [0.05, 0.1) is 13.7 Å². The molecule has 0 aliphatic heterocycles. The molecule has 0 aliphatic rings. The average molecular weight is 290 g/mol. The second-order valence-electron chi connectivity index (χ2n) is 4.72. The van der Waals surface area contributed by atoms with E-state index in [9.17, 15) is 0 Å². The normalized spacial score (nSPS) is 10.2. The van der Waals surface area contributed by atoms with Gasteiger partial charge in [-0.15, -0.1) is 16.6 Å². The summed E-state index contributed by atoms with van der Waals surface area (Å²) in [5.41, 5.74) is 2.72. The molecule has 0 unspecified atom stereocenters. The minimum atomic E-state index is 0.547. The Morgan fingerprint density at radius 3 is 2.73 bits per heavy atom. The van der Waals surface area contributed by atoms with Crippen molar-refractivity contribution in [1.29, 1.82) is 0 Å². The molecule has 3 aromatic rings. The SMILES string of the molecule is C#Cc1cccc(-c2nnn(Cc3ccc(OC)cc3)n2)c1. The van der Waals surface area contributed by atoms with Crippen LogP contribution < -0.4 is 4.74 Å². The highest BCUT2D eigenvalue weighted by molar-refractivity contribution is 5.57. The number of tetrazole rings is 1. The van der Waals surface area contributed by atoms with Crippen LogP contribution in [-0.4, -0.2) is 27.3 Å². The fourth-order valence-electron chi connectivity index (χ4n) is 2.07. The molecule has 5 nitrogen and oxygen atoms in total. The van der Waals surface area contributed by atoms with E-state index in [2.05, 4.69) is 21.3 Å². The molecule has 5 heteroatoms. The van der Waals surface area contributed by atoms with Gasteiger partial charge >= 0.3 is 0 Å². The van der Waals surface area contributed by atoms with Crippen molar-refractivity contribution in [3.8, 4) is 29.5 Å². The second kappa shape index (κ2) is 6.10. The third-order valence-electron chi connectivity index (χ3n) is 3.22. The number of methoxy groups -OCH3 is 1. The van der Waals surface area contributed by atoms with Gasteiger partial charge in [-0.2, -0.15) is 4.80 Å². The molecule has 0 saturated carbocycles. The minimum Gasteiger partial charge on any atom is -0.497 e. The average Bonchev–Trinajstić information content (AvgIpc) is 3.04. The van der Waals surface area contributed by atoms with Crippen molar-refractivity contribution in [3.05, 3.63) is 59.7 Å². The van der Waals surface area contributed by atoms with Crippen molar-refractivity contribution in [3.63, 3.8) is 0 Å². The molecule has 108 valence electrons. The summed E-state index contributed by atoms with van der Waals surface area (Å²) in [7, 11) is 1.64. The van der Waals surface area contributed by atoms with Crippen LogP contribution in [0.2, 0.25) is 0 Å². The minimum absolute atomic E-state index is 0.547. The Hall–Kier alpha value is -3.13. The Kier molecular flexibility index (Phi) is 3.84. The molecule has 1 aromatic heterocycles. The molecule has 1 heterocycles. The van der Waals surface area contributed by atoms with E-state index < -0.39 is 0 Å². The van der Waals surface area contributed by atoms with Crippen LogP contribution in [0.1, 0.15) is 11.1 Å². The van der Waals surface area contributed by atoms with Crippen LogP contribution in [0.5, 0.6) is 5.75 Å². The van der Waals surface area contributed by atoms with Crippen molar-refractivity contribution in [2.24, 2.45) is 0 Å². The number of aromatic nitrogens is 4. The Labute approximate surface area is 128 Å². The zero-order chi connectivity index (χ0) is 15.4. The number of terminal acetylenes is 1. The predicted octanol–water partition coefficient (Wildman–Crippen LogP) is 2.38. The van der Waals surface area contributed by atoms with E-state index in [-0.39, 0.29) is 0 Å². The van der Waals surface area contributed by atoms with Crippen LogP contribution >= 0.6 is 0 Å². The summed E-state index contributed by atoms with van der Waals surface area (Å²) in [6.45, 7) is 0.547. The highest BCUT2D eigenvalue weighted by Crippen LogP contribution is 2.16. The smallest absolute Gasteiger partial charge is 0.204 e. The van der Waals surface area contributed by atoms with Crippen molar-refractivity contribution >= 4 is 0 Å². The lowest BCUT2D eigenvalue weighted by molar-refractivity contribution is 0.414. The number of hydrogen-bond donors (Lipinski definition) is 0. The van der Waals surface area contributed by atoms with Gasteiger partial charge in [0.2, 0.25) is 5.82 Å². The monoisotopic (exact) mass is 290 g/mol. The molecule has 3 rings (SSSR count). The van der Waals surface area contributed by atoms with Crippen LogP contribution in [0.15, 0.2) is 48.5 Å². The molecule has 0 fully saturated rings. The maximum absolute atomic E-state index is 5.41. The van der Waals surface area contributed by atoms with Gasteiger partial charge in [-0.3, -0.25) is 0 Å². The van der Waals surface area contributed by atoms with Gasteiger partial charge in [0, 0.05) is 11.1 Å². The zero-order valence-electron chi connectivity index (χ0n) is 12.1. The molecule has 22 heavy (non-hydrogen) atoms. The van der Waals surface area contributed by atoms with Crippen molar-refractivity contribution in [1.82, 2.24) is 20.2 Å². The summed E-state index contributed by atoms with van der Waals surface area (Å²) < 4.78 is 5.14. The molecular formula is C17H14N4O. The largest absolute Gasteiger partial charge is 0.497 e. The van der Waals surface area contributed by atoms with Crippen LogP contribution in [0.3, 0.4) is 0 Å². The standard InChI is InChI=1S/C17H14N4O/c1-3-13-5-4-6-15(11-13)17-18-20-21(19-17)12-14-7-9-16(22-2)10-8-14/h1,4-11H,12H2,2H3. The maximum atomic E-state index is 5.41. The number of hydrogen-bond acceptors (Lipinski definition) is 4. The van der Waals surface area contributed by atoms with E-state index in [1.807, 2.05) is 48.5 Å². The summed E-state index contributed by atoms with van der Waals surface area (Å²) in [6.07, 6.45) is 5.41. The molecule has 0 atom stereocenters. The summed E-state index contributed by atoms with van der Waals surface area (Å²) in [6, 6.07) is 15.3. The summed E-state index contributed by atoms with van der Waals surface area (Å²) in [5, 5.41) is 12.5. The molecule has 0 bridgehead atoms. The maximum Gasteiger partial charge on any atom is 0.204 e. The van der Waals surface area contributed by atoms with Crippen molar-refractivity contribution in [2.75, 3.05) is 7.11 Å². The first-order valence-electron chi connectivity index (χ1n) is 6.76.